The van der Waals surface area contributed by atoms with E-state index in [4.69, 9.17) is 4.98 Å². The molecule has 8 nitrogen and oxygen atoms in total. The van der Waals surface area contributed by atoms with Gasteiger partial charge < -0.3 is 20.4 Å². The molecule has 4 aliphatic heterocycles. The second-order valence-electron chi connectivity index (χ2n) is 8.27. The molecule has 28 heavy (non-hydrogen) atoms. The predicted molar refractivity (Wildman–Crippen MR) is 104 cm³/mol. The van der Waals surface area contributed by atoms with Gasteiger partial charge in [0.2, 0.25) is 11.8 Å². The molecular weight excluding hydrogens is 356 g/mol. The fourth-order valence-electron chi connectivity index (χ4n) is 5.28. The maximum atomic E-state index is 12.5. The number of hydrogen-bond acceptors (Lipinski definition) is 6. The highest BCUT2D eigenvalue weighted by molar-refractivity contribution is 5.97. The Labute approximate surface area is 162 Å². The summed E-state index contributed by atoms with van der Waals surface area (Å²) in [5.74, 6) is 1.00. The smallest absolute Gasteiger partial charge is 0.243 e. The van der Waals surface area contributed by atoms with Crippen LogP contribution in [0.25, 0.3) is 10.9 Å². The normalized spacial score (nSPS) is 31.3. The average molecular weight is 378 g/mol. The van der Waals surface area contributed by atoms with E-state index in [9.17, 15) is 9.59 Å². The molecule has 4 saturated heterocycles. The van der Waals surface area contributed by atoms with E-state index in [1.807, 2.05) is 6.07 Å². The van der Waals surface area contributed by atoms with Gasteiger partial charge in [0.05, 0.1) is 17.4 Å². The second kappa shape index (κ2) is 5.80. The van der Waals surface area contributed by atoms with Crippen LogP contribution in [0.5, 0.6) is 0 Å². The largest absolute Gasteiger partial charge is 0.359 e. The van der Waals surface area contributed by atoms with E-state index < -0.39 is 0 Å². The standard InChI is InChI=1S/C20H22N6O2/c27-19-16-7-11(22-19)2-5-25(16)15-9-18(24-14-10-21-4-1-13(14)15)26-6-3-12-8-17(26)20(28)23-12/h1,4,9-12,16-17H,2-3,5-8H2,(H,22,27)(H,23,28). The van der Waals surface area contributed by atoms with Crippen molar-refractivity contribution in [3.8, 4) is 0 Å². The van der Waals surface area contributed by atoms with Gasteiger partial charge in [0.15, 0.2) is 0 Å². The van der Waals surface area contributed by atoms with Crippen LogP contribution in [0.15, 0.2) is 24.5 Å². The van der Waals surface area contributed by atoms with E-state index in [0.717, 1.165) is 61.2 Å². The number of nitrogens with zero attached hydrogens (tertiary/aromatic N) is 4. The van der Waals surface area contributed by atoms with Crippen molar-refractivity contribution >= 4 is 34.2 Å². The minimum Gasteiger partial charge on any atom is -0.359 e. The maximum absolute atomic E-state index is 12.5. The molecule has 2 N–H and O–H groups in total. The minimum atomic E-state index is -0.159. The molecule has 8 heteroatoms. The van der Waals surface area contributed by atoms with Gasteiger partial charge in [0.25, 0.3) is 0 Å². The van der Waals surface area contributed by atoms with Crippen molar-refractivity contribution in [2.24, 2.45) is 0 Å². The summed E-state index contributed by atoms with van der Waals surface area (Å²) in [4.78, 5) is 38.3. The number of amides is 2. The van der Waals surface area contributed by atoms with E-state index in [0.29, 0.717) is 6.04 Å². The molecular formula is C20H22N6O2. The molecule has 144 valence electrons. The first-order chi connectivity index (χ1) is 13.7. The Morgan fingerprint density at radius 3 is 2.39 bits per heavy atom. The van der Waals surface area contributed by atoms with Gasteiger partial charge in [0.1, 0.15) is 17.9 Å². The molecule has 4 bridgehead atoms. The van der Waals surface area contributed by atoms with E-state index in [1.165, 1.54) is 0 Å². The third-order valence-electron chi connectivity index (χ3n) is 6.68. The summed E-state index contributed by atoms with van der Waals surface area (Å²) < 4.78 is 0. The molecule has 4 unspecified atom stereocenters. The molecule has 2 aromatic rings. The third kappa shape index (κ3) is 2.30. The Morgan fingerprint density at radius 1 is 0.964 bits per heavy atom. The van der Waals surface area contributed by atoms with Crippen molar-refractivity contribution in [1.29, 1.82) is 0 Å². The molecule has 0 aromatic carbocycles. The highest BCUT2D eigenvalue weighted by atomic mass is 16.2. The number of hydrogen-bond donors (Lipinski definition) is 2. The molecule has 6 heterocycles. The lowest BCUT2D eigenvalue weighted by molar-refractivity contribution is -0.121. The van der Waals surface area contributed by atoms with Crippen molar-refractivity contribution in [2.45, 2.75) is 49.9 Å². The molecule has 2 amide bonds. The molecule has 4 aliphatic rings. The van der Waals surface area contributed by atoms with Crippen LogP contribution in [-0.2, 0) is 9.59 Å². The molecule has 2 aromatic heterocycles. The third-order valence-corrected chi connectivity index (χ3v) is 6.68. The van der Waals surface area contributed by atoms with Gasteiger partial charge in [-0.25, -0.2) is 4.98 Å². The first-order valence-corrected chi connectivity index (χ1v) is 10.1. The lowest BCUT2D eigenvalue weighted by Gasteiger charge is -2.36. The van der Waals surface area contributed by atoms with Gasteiger partial charge in [-0.15, -0.1) is 0 Å². The number of rotatable bonds is 2. The highest BCUT2D eigenvalue weighted by Crippen LogP contribution is 2.37. The van der Waals surface area contributed by atoms with Crippen LogP contribution in [0.4, 0.5) is 11.5 Å². The van der Waals surface area contributed by atoms with Crippen molar-refractivity contribution in [3.63, 3.8) is 0 Å². The fraction of sp³-hybridized carbons (Fsp3) is 0.500. The van der Waals surface area contributed by atoms with E-state index >= 15 is 0 Å². The number of anilines is 2. The first-order valence-electron chi connectivity index (χ1n) is 10.1. The number of carbonyl (C=O) groups excluding carboxylic acids is 2. The van der Waals surface area contributed by atoms with Crippen molar-refractivity contribution in [1.82, 2.24) is 20.6 Å². The van der Waals surface area contributed by atoms with Crippen molar-refractivity contribution in [2.75, 3.05) is 22.9 Å². The zero-order valence-corrected chi connectivity index (χ0v) is 15.5. The monoisotopic (exact) mass is 378 g/mol. The van der Waals surface area contributed by atoms with E-state index in [1.54, 1.807) is 12.4 Å². The predicted octanol–water partition coefficient (Wildman–Crippen LogP) is 0.564. The van der Waals surface area contributed by atoms with Crippen LogP contribution >= 0.6 is 0 Å². The average Bonchev–Trinajstić information content (AvgIpc) is 3.16. The number of fused-ring (bicyclic) bond motifs is 5. The molecule has 4 atom stereocenters. The first kappa shape index (κ1) is 16.1. The van der Waals surface area contributed by atoms with Gasteiger partial charge in [-0.3, -0.25) is 14.6 Å². The van der Waals surface area contributed by atoms with E-state index in [2.05, 4.69) is 31.5 Å². The van der Waals surface area contributed by atoms with Crippen LogP contribution in [0, 0.1) is 0 Å². The van der Waals surface area contributed by atoms with Gasteiger partial charge in [-0.2, -0.15) is 0 Å². The number of piperidine rings is 2. The van der Waals surface area contributed by atoms with Gasteiger partial charge in [-0.1, -0.05) is 0 Å². The Bertz CT molecular complexity index is 994. The quantitative estimate of drug-likeness (QED) is 0.794. The summed E-state index contributed by atoms with van der Waals surface area (Å²) in [5.41, 5.74) is 1.82. The molecule has 0 aliphatic carbocycles. The molecule has 0 radical (unpaired) electrons. The Hall–Kier alpha value is -2.90. The van der Waals surface area contributed by atoms with Crippen LogP contribution in [0.1, 0.15) is 25.7 Å². The van der Waals surface area contributed by atoms with Crippen LogP contribution in [-0.4, -0.2) is 59.0 Å². The number of carbonyl (C=O) groups is 2. The summed E-state index contributed by atoms with van der Waals surface area (Å²) in [6, 6.07) is 4.33. The maximum Gasteiger partial charge on any atom is 0.243 e. The zero-order valence-electron chi connectivity index (χ0n) is 15.5. The topological polar surface area (TPSA) is 90.5 Å². The van der Waals surface area contributed by atoms with Crippen molar-refractivity contribution in [3.05, 3.63) is 24.5 Å². The second-order valence-corrected chi connectivity index (χ2v) is 8.27. The molecule has 6 rings (SSSR count). The Morgan fingerprint density at radius 2 is 1.64 bits per heavy atom. The fourth-order valence-corrected chi connectivity index (χ4v) is 5.28. The Balaban J connectivity index is 1.47. The number of nitrogens with one attached hydrogen (secondary N) is 2. The number of pyridine rings is 2. The van der Waals surface area contributed by atoms with Gasteiger partial charge in [0, 0.05) is 42.8 Å². The van der Waals surface area contributed by atoms with Crippen molar-refractivity contribution < 1.29 is 9.59 Å². The molecule has 0 saturated carbocycles. The minimum absolute atomic E-state index is 0.0909. The lowest BCUT2D eigenvalue weighted by Crippen LogP contribution is -2.44. The lowest BCUT2D eigenvalue weighted by atomic mass is 10.00. The van der Waals surface area contributed by atoms with Crippen LogP contribution in [0.2, 0.25) is 0 Å². The van der Waals surface area contributed by atoms with Crippen LogP contribution < -0.4 is 20.4 Å². The highest BCUT2D eigenvalue weighted by Gasteiger charge is 2.43. The zero-order chi connectivity index (χ0) is 18.8. The molecule has 4 fully saturated rings. The molecule has 0 spiro atoms. The summed E-state index contributed by atoms with van der Waals surface area (Å²) in [6.45, 7) is 1.64. The van der Waals surface area contributed by atoms with Gasteiger partial charge >= 0.3 is 0 Å². The van der Waals surface area contributed by atoms with Crippen LogP contribution in [0.3, 0.4) is 0 Å². The number of aromatic nitrogens is 2. The Kier molecular flexibility index (Phi) is 3.33. The summed E-state index contributed by atoms with van der Waals surface area (Å²) in [7, 11) is 0. The van der Waals surface area contributed by atoms with Gasteiger partial charge in [-0.05, 0) is 31.7 Å². The SMILES string of the molecule is O=C1NC2CCN(c3cc(N4CCC5CC4C(=O)N5)c4ccncc4n3)C1C2. The summed E-state index contributed by atoms with van der Waals surface area (Å²) in [5, 5.41) is 7.17. The summed E-state index contributed by atoms with van der Waals surface area (Å²) in [6.07, 6.45) is 7.09. The van der Waals surface area contributed by atoms with E-state index in [-0.39, 0.29) is 29.9 Å². The summed E-state index contributed by atoms with van der Waals surface area (Å²) >= 11 is 0.